The van der Waals surface area contributed by atoms with Crippen LogP contribution in [0.15, 0.2) is 0 Å². The molecule has 0 aliphatic rings. The van der Waals surface area contributed by atoms with Crippen LogP contribution in [-0.4, -0.2) is 258 Å². The monoisotopic (exact) mass is 478 g/mol. The fourth-order valence-electron chi connectivity index (χ4n) is 0. The summed E-state index contributed by atoms with van der Waals surface area (Å²) < 4.78 is 0. The van der Waals surface area contributed by atoms with Crippen LogP contribution in [0.3, 0.4) is 0 Å². The summed E-state index contributed by atoms with van der Waals surface area (Å²) in [6.45, 7) is 0. The van der Waals surface area contributed by atoms with Gasteiger partial charge in [-0.25, -0.2) is 0 Å². The Morgan fingerprint density at radius 1 is 0.409 bits per heavy atom. The summed E-state index contributed by atoms with van der Waals surface area (Å²) in [5, 5.41) is 16.7. The van der Waals surface area contributed by atoms with Gasteiger partial charge in [-0.3, -0.25) is 0 Å². The predicted molar refractivity (Wildman–Crippen MR) is 63.1 cm³/mol. The number of hydrogen-bond acceptors (Lipinski definition) is 15. The normalized spacial score (nSPS) is 1.09. The molecule has 0 radical (unpaired) electrons. The van der Waals surface area contributed by atoms with Crippen LogP contribution in [0.4, 0.5) is 4.79 Å². The number of rotatable bonds is 0. The van der Waals surface area contributed by atoms with E-state index < -0.39 is 6.16 Å². The van der Waals surface area contributed by atoms with E-state index in [0.717, 1.165) is 0 Å². The SMILES string of the molecule is O=C([O-])[O-].[Al+3].[Al+3].[Ca+2].[Ca+2].[Ca+2].[Ca+2].[OH-].[OH-].[OH-].[OH-].[OH-].[OH-].[OH-].[OH-].[OH-].[OH-].[OH-].[OH-]. The molecule has 0 aliphatic heterocycles. The topological polar surface area (TPSA) is 423 Å². The second kappa shape index (κ2) is 258. The van der Waals surface area contributed by atoms with E-state index in [4.69, 9.17) is 15.0 Å². The van der Waals surface area contributed by atoms with Crippen LogP contribution in [0, 0.1) is 0 Å². The van der Waals surface area contributed by atoms with E-state index in [1.807, 2.05) is 0 Å². The van der Waals surface area contributed by atoms with E-state index in [1.54, 1.807) is 0 Å². The van der Waals surface area contributed by atoms with Gasteiger partial charge in [-0.05, 0) is 6.16 Å². The number of carbonyl (C=O) groups is 1. The van der Waals surface area contributed by atoms with Crippen molar-refractivity contribution in [1.29, 1.82) is 0 Å². The first-order chi connectivity index (χ1) is 1.73. The summed E-state index contributed by atoms with van der Waals surface area (Å²) >= 11 is 0. The summed E-state index contributed by atoms with van der Waals surface area (Å²) in [4.78, 5) is 8.33. The molecule has 22 heavy (non-hydrogen) atoms. The number of carboxylic acid groups (broad SMARTS) is 2. The quantitative estimate of drug-likeness (QED) is 0.292. The van der Waals surface area contributed by atoms with Gasteiger partial charge in [0.15, 0.2) is 0 Å². The van der Waals surface area contributed by atoms with Crippen molar-refractivity contribution >= 4 is 192 Å². The van der Waals surface area contributed by atoms with Crippen LogP contribution in [0.5, 0.6) is 0 Å². The van der Waals surface area contributed by atoms with Crippen molar-refractivity contribution in [2.24, 2.45) is 0 Å². The van der Waals surface area contributed by atoms with Gasteiger partial charge in [0.25, 0.3) is 0 Å². The summed E-state index contributed by atoms with van der Waals surface area (Å²) in [5.41, 5.74) is 0. The Kier molecular flexibility index (Phi) is 3390. The fourth-order valence-corrected chi connectivity index (χ4v) is 0. The Balaban J connectivity index is -0.000000000294. The van der Waals surface area contributed by atoms with Crippen molar-refractivity contribution in [2.75, 3.05) is 0 Å². The first-order valence-electron chi connectivity index (χ1n) is 0.612. The standard InChI is InChI=1S/CH2O3.2Al.4Ca.12H2O/c2-1(3)4;;;;;;;;;;;;;;;;;;/h(H2,2,3,4);;;;;;;12*1H2/q;2*+3;4*+2;;;;;;;;;;;;/p-14. The molecule has 0 rings (SSSR count). The van der Waals surface area contributed by atoms with Crippen LogP contribution in [0.25, 0.3) is 0 Å². The van der Waals surface area contributed by atoms with Crippen LogP contribution in [0.1, 0.15) is 0 Å². The van der Waals surface area contributed by atoms with Crippen molar-refractivity contribution in [1.82, 2.24) is 0 Å². The third kappa shape index (κ3) is 593. The van der Waals surface area contributed by atoms with Gasteiger partial charge in [0, 0.05) is 0 Å². The Morgan fingerprint density at radius 3 is 0.409 bits per heavy atom. The van der Waals surface area contributed by atoms with Gasteiger partial charge in [0.2, 0.25) is 0 Å². The van der Waals surface area contributed by atoms with Gasteiger partial charge in [0.1, 0.15) is 0 Å². The zero-order valence-corrected chi connectivity index (χ0v) is 22.2. The van der Waals surface area contributed by atoms with E-state index in [-0.39, 0.29) is 251 Å². The predicted octanol–water partition coefficient (Wildman–Crippen LogP) is -6.85. The molecule has 0 unspecified atom stereocenters. The molecule has 0 saturated carbocycles. The van der Waals surface area contributed by atoms with Gasteiger partial charge in [-0.1, -0.05) is 0 Å². The number of carbonyl (C=O) groups excluding carboxylic acids is 1. The zero-order valence-electron chi connectivity index (χ0n) is 11.1. The molecule has 21 heteroatoms. The fraction of sp³-hybridized carbons (Fsp3) is 0. The Hall–Kier alpha value is 4.89. The Labute approximate surface area is 266 Å². The third-order valence-electron chi connectivity index (χ3n) is 0. The van der Waals surface area contributed by atoms with E-state index in [9.17, 15) is 0 Å². The average Bonchev–Trinajstić information content (AvgIpc) is 0.811. The molecule has 0 aromatic heterocycles. The molecule has 0 aromatic carbocycles. The molecule has 0 spiro atoms. The summed E-state index contributed by atoms with van der Waals surface area (Å²) in [6.07, 6.45) is -2.33. The van der Waals surface area contributed by atoms with E-state index in [0.29, 0.717) is 0 Å². The maximum Gasteiger partial charge on any atom is 3.00 e. The smallest absolute Gasteiger partial charge is 0.870 e. The third-order valence-corrected chi connectivity index (χ3v) is 0. The first-order valence-corrected chi connectivity index (χ1v) is 0.612. The molecule has 0 bridgehead atoms. The Morgan fingerprint density at radius 2 is 0.409 bits per heavy atom. The number of hydrogen-bond donors (Lipinski definition) is 0. The minimum absolute atomic E-state index is 0. The van der Waals surface area contributed by atoms with Gasteiger partial charge in [0.05, 0.1) is 0 Å². The van der Waals surface area contributed by atoms with Crippen LogP contribution >= 0.6 is 0 Å². The second-order valence-electron chi connectivity index (χ2n) is 0.250. The molecule has 120 valence electrons. The van der Waals surface area contributed by atoms with E-state index in [1.165, 1.54) is 0 Å². The van der Waals surface area contributed by atoms with Crippen LogP contribution in [-0.2, 0) is 0 Å². The second-order valence-corrected chi connectivity index (χ2v) is 0.250. The molecule has 0 heterocycles. The summed E-state index contributed by atoms with van der Waals surface area (Å²) in [7, 11) is 0. The van der Waals surface area contributed by atoms with Gasteiger partial charge in [-0.2, -0.15) is 0 Å². The molecular weight excluding hydrogens is 466 g/mol. The molecule has 0 atom stereocenters. The molecule has 15 nitrogen and oxygen atoms in total. The van der Waals surface area contributed by atoms with E-state index >= 15 is 0 Å². The van der Waals surface area contributed by atoms with Crippen LogP contribution < -0.4 is 10.2 Å². The van der Waals surface area contributed by atoms with Gasteiger partial charge < -0.3 is 80.7 Å². The minimum atomic E-state index is -2.33. The van der Waals surface area contributed by atoms with Crippen molar-refractivity contribution in [3.63, 3.8) is 0 Å². The van der Waals surface area contributed by atoms with Gasteiger partial charge in [-0.15, -0.1) is 0 Å². The Bertz CT molecular complexity index is 52.5. The average molecular weight is 478 g/mol. The van der Waals surface area contributed by atoms with Gasteiger partial charge >= 0.3 is 186 Å². The van der Waals surface area contributed by atoms with Crippen molar-refractivity contribution in [2.45, 2.75) is 0 Å². The van der Waals surface area contributed by atoms with Crippen molar-refractivity contribution in [3.05, 3.63) is 0 Å². The summed E-state index contributed by atoms with van der Waals surface area (Å²) in [5.74, 6) is 0. The molecular formula is CH12Al2Ca4O15. The minimum Gasteiger partial charge on any atom is -0.870 e. The van der Waals surface area contributed by atoms with E-state index in [2.05, 4.69) is 0 Å². The summed E-state index contributed by atoms with van der Waals surface area (Å²) in [6, 6.07) is 0. The zero-order chi connectivity index (χ0) is 3.58. The first kappa shape index (κ1) is 289. The molecule has 0 aliphatic carbocycles. The molecule has 12 N–H and O–H groups in total. The largest absolute Gasteiger partial charge is 3.00 e. The maximum absolute atomic E-state index is 8.33. The van der Waals surface area contributed by atoms with Crippen molar-refractivity contribution < 1.29 is 80.7 Å². The molecule has 0 aromatic rings. The maximum atomic E-state index is 8.33. The molecule has 0 fully saturated rings. The van der Waals surface area contributed by atoms with Crippen LogP contribution in [0.2, 0.25) is 0 Å². The van der Waals surface area contributed by atoms with Crippen molar-refractivity contribution in [3.8, 4) is 0 Å². The molecule has 0 amide bonds. The molecule has 0 saturated heterocycles.